The smallest absolute Gasteiger partial charge is 0.238 e. The normalized spacial score (nSPS) is 11.2. The van der Waals surface area contributed by atoms with Crippen LogP contribution in [0.1, 0.15) is 11.1 Å². The van der Waals surface area contributed by atoms with Gasteiger partial charge in [0.05, 0.1) is 5.75 Å². The first kappa shape index (κ1) is 13.5. The van der Waals surface area contributed by atoms with E-state index < -0.39 is 10.0 Å². The zero-order valence-corrected chi connectivity index (χ0v) is 11.1. The number of anilines is 1. The first-order valence-corrected chi connectivity index (χ1v) is 7.44. The fourth-order valence-corrected chi connectivity index (χ4v) is 2.81. The quantitative estimate of drug-likeness (QED) is 0.867. The molecule has 6 heteroatoms. The van der Waals surface area contributed by atoms with Gasteiger partial charge in [-0.3, -0.25) is 4.72 Å². The minimum Gasteiger partial charge on any atom is -0.326 e. The second-order valence-corrected chi connectivity index (χ2v) is 5.82. The Morgan fingerprint density at radius 2 is 1.89 bits per heavy atom. The molecule has 0 aliphatic rings. The molecule has 0 saturated heterocycles. The molecule has 2 aromatic rings. The molecule has 0 bridgehead atoms. The largest absolute Gasteiger partial charge is 0.326 e. The van der Waals surface area contributed by atoms with Crippen LogP contribution in [0.25, 0.3) is 0 Å². The van der Waals surface area contributed by atoms with Crippen molar-refractivity contribution in [3.8, 4) is 0 Å². The van der Waals surface area contributed by atoms with Crippen LogP contribution >= 0.6 is 0 Å². The summed E-state index contributed by atoms with van der Waals surface area (Å²) in [5.41, 5.74) is 7.14. The Balaban J connectivity index is 2.12. The van der Waals surface area contributed by atoms with E-state index in [0.29, 0.717) is 17.9 Å². The summed E-state index contributed by atoms with van der Waals surface area (Å²) in [6, 6.07) is 12.3. The molecule has 1 aromatic heterocycles. The Morgan fingerprint density at radius 3 is 2.58 bits per heavy atom. The maximum Gasteiger partial charge on any atom is 0.238 e. The SMILES string of the molecule is NCc1cccc(CS(=O)(=O)Nc2ccccn2)c1. The Bertz CT molecular complexity index is 642. The average Bonchev–Trinajstić information content (AvgIpc) is 2.39. The van der Waals surface area contributed by atoms with Crippen molar-refractivity contribution in [2.75, 3.05) is 4.72 Å². The van der Waals surface area contributed by atoms with Crippen molar-refractivity contribution in [2.24, 2.45) is 5.73 Å². The number of benzene rings is 1. The summed E-state index contributed by atoms with van der Waals surface area (Å²) >= 11 is 0. The summed E-state index contributed by atoms with van der Waals surface area (Å²) in [5.74, 6) is 0.217. The zero-order valence-electron chi connectivity index (χ0n) is 10.3. The van der Waals surface area contributed by atoms with Gasteiger partial charge in [-0.05, 0) is 23.3 Å². The van der Waals surface area contributed by atoms with Gasteiger partial charge in [-0.25, -0.2) is 13.4 Å². The molecule has 0 unspecified atom stereocenters. The summed E-state index contributed by atoms with van der Waals surface area (Å²) in [4.78, 5) is 3.93. The molecule has 3 N–H and O–H groups in total. The van der Waals surface area contributed by atoms with Crippen LogP contribution in [0.4, 0.5) is 5.82 Å². The van der Waals surface area contributed by atoms with E-state index in [9.17, 15) is 8.42 Å². The first-order valence-electron chi connectivity index (χ1n) is 5.78. The number of sulfonamides is 1. The Hall–Kier alpha value is -1.92. The van der Waals surface area contributed by atoms with Gasteiger partial charge in [0.1, 0.15) is 5.82 Å². The van der Waals surface area contributed by atoms with Gasteiger partial charge < -0.3 is 5.73 Å². The number of pyridine rings is 1. The van der Waals surface area contributed by atoms with Gasteiger partial charge in [0.25, 0.3) is 0 Å². The van der Waals surface area contributed by atoms with Gasteiger partial charge in [0, 0.05) is 12.7 Å². The Labute approximate surface area is 112 Å². The molecule has 0 aliphatic heterocycles. The fourth-order valence-electron chi connectivity index (χ4n) is 1.68. The lowest BCUT2D eigenvalue weighted by Crippen LogP contribution is -2.16. The molecule has 0 aliphatic carbocycles. The third kappa shape index (κ3) is 4.04. The molecule has 0 radical (unpaired) electrons. The summed E-state index contributed by atoms with van der Waals surface area (Å²) in [5, 5.41) is 0. The van der Waals surface area contributed by atoms with E-state index in [0.717, 1.165) is 5.56 Å². The van der Waals surface area contributed by atoms with E-state index in [-0.39, 0.29) is 5.75 Å². The summed E-state index contributed by atoms with van der Waals surface area (Å²) in [7, 11) is -3.47. The minimum atomic E-state index is -3.47. The van der Waals surface area contributed by atoms with Gasteiger partial charge in [-0.1, -0.05) is 30.3 Å². The van der Waals surface area contributed by atoms with Crippen molar-refractivity contribution in [2.45, 2.75) is 12.3 Å². The lowest BCUT2D eigenvalue weighted by atomic mass is 10.1. The van der Waals surface area contributed by atoms with Crippen molar-refractivity contribution in [3.05, 3.63) is 59.8 Å². The van der Waals surface area contributed by atoms with Crippen LogP contribution in [-0.2, 0) is 22.3 Å². The number of nitrogens with zero attached hydrogens (tertiary/aromatic N) is 1. The molecule has 2 rings (SSSR count). The molecule has 0 fully saturated rings. The lowest BCUT2D eigenvalue weighted by molar-refractivity contribution is 0.600. The van der Waals surface area contributed by atoms with Crippen LogP contribution in [0.2, 0.25) is 0 Å². The Morgan fingerprint density at radius 1 is 1.11 bits per heavy atom. The highest BCUT2D eigenvalue weighted by Crippen LogP contribution is 2.11. The topological polar surface area (TPSA) is 85.1 Å². The van der Waals surface area contributed by atoms with Crippen molar-refractivity contribution in [1.82, 2.24) is 4.98 Å². The zero-order chi connectivity index (χ0) is 13.7. The van der Waals surface area contributed by atoms with Crippen LogP contribution in [0, 0.1) is 0 Å². The summed E-state index contributed by atoms with van der Waals surface area (Å²) in [6.07, 6.45) is 1.53. The van der Waals surface area contributed by atoms with Crippen molar-refractivity contribution in [3.63, 3.8) is 0 Å². The number of nitrogens with one attached hydrogen (secondary N) is 1. The number of hydrogen-bond donors (Lipinski definition) is 2. The lowest BCUT2D eigenvalue weighted by Gasteiger charge is -2.08. The van der Waals surface area contributed by atoms with Crippen molar-refractivity contribution < 1.29 is 8.42 Å². The highest BCUT2D eigenvalue weighted by atomic mass is 32.2. The number of nitrogens with two attached hydrogens (primary N) is 1. The molecule has 0 spiro atoms. The monoisotopic (exact) mass is 277 g/mol. The van der Waals surface area contributed by atoms with Gasteiger partial charge in [0.15, 0.2) is 0 Å². The van der Waals surface area contributed by atoms with Gasteiger partial charge in [-0.2, -0.15) is 0 Å². The second-order valence-electron chi connectivity index (χ2n) is 4.10. The highest BCUT2D eigenvalue weighted by Gasteiger charge is 2.12. The molecule has 0 amide bonds. The van der Waals surface area contributed by atoms with E-state index in [2.05, 4.69) is 9.71 Å². The predicted octanol–water partition coefficient (Wildman–Crippen LogP) is 1.48. The van der Waals surface area contributed by atoms with Crippen LogP contribution < -0.4 is 10.5 Å². The molecular formula is C13H15N3O2S. The van der Waals surface area contributed by atoms with Crippen LogP contribution in [0.5, 0.6) is 0 Å². The third-order valence-electron chi connectivity index (χ3n) is 2.51. The molecule has 100 valence electrons. The second kappa shape index (κ2) is 5.81. The van der Waals surface area contributed by atoms with Gasteiger partial charge in [0.2, 0.25) is 10.0 Å². The van der Waals surface area contributed by atoms with Crippen LogP contribution in [0.3, 0.4) is 0 Å². The van der Waals surface area contributed by atoms with E-state index in [1.165, 1.54) is 6.20 Å². The van der Waals surface area contributed by atoms with Crippen LogP contribution in [-0.4, -0.2) is 13.4 Å². The van der Waals surface area contributed by atoms with E-state index in [1.54, 1.807) is 36.4 Å². The molecule has 0 atom stereocenters. The summed E-state index contributed by atoms with van der Waals surface area (Å²) < 4.78 is 26.4. The number of hydrogen-bond acceptors (Lipinski definition) is 4. The molecule has 1 heterocycles. The average molecular weight is 277 g/mol. The maximum atomic E-state index is 12.0. The van der Waals surface area contributed by atoms with Gasteiger partial charge >= 0.3 is 0 Å². The molecule has 0 saturated carbocycles. The fraction of sp³-hybridized carbons (Fsp3) is 0.154. The summed E-state index contributed by atoms with van der Waals surface area (Å²) in [6.45, 7) is 0.390. The molecule has 19 heavy (non-hydrogen) atoms. The van der Waals surface area contributed by atoms with Gasteiger partial charge in [-0.15, -0.1) is 0 Å². The number of aromatic nitrogens is 1. The van der Waals surface area contributed by atoms with Crippen molar-refractivity contribution >= 4 is 15.8 Å². The first-order chi connectivity index (χ1) is 9.09. The van der Waals surface area contributed by atoms with Crippen LogP contribution in [0.15, 0.2) is 48.7 Å². The van der Waals surface area contributed by atoms with E-state index >= 15 is 0 Å². The standard InChI is InChI=1S/C13H15N3O2S/c14-9-11-4-3-5-12(8-11)10-19(17,18)16-13-6-1-2-7-15-13/h1-8H,9-10,14H2,(H,15,16). The number of rotatable bonds is 5. The van der Waals surface area contributed by atoms with Crippen molar-refractivity contribution in [1.29, 1.82) is 0 Å². The van der Waals surface area contributed by atoms with E-state index in [1.807, 2.05) is 6.07 Å². The highest BCUT2D eigenvalue weighted by molar-refractivity contribution is 7.91. The predicted molar refractivity (Wildman–Crippen MR) is 74.8 cm³/mol. The Kier molecular flexibility index (Phi) is 4.13. The van der Waals surface area contributed by atoms with E-state index in [4.69, 9.17) is 5.73 Å². The minimum absolute atomic E-state index is 0.0998. The molecule has 1 aromatic carbocycles. The molecular weight excluding hydrogens is 262 g/mol. The molecule has 5 nitrogen and oxygen atoms in total. The third-order valence-corrected chi connectivity index (χ3v) is 3.74. The maximum absolute atomic E-state index is 12.0.